The van der Waals surface area contributed by atoms with Crippen LogP contribution in [0.3, 0.4) is 0 Å². The van der Waals surface area contributed by atoms with Crippen molar-refractivity contribution in [3.63, 3.8) is 0 Å². The molecule has 2 aromatic heterocycles. The Hall–Kier alpha value is -2.81. The first-order valence-corrected chi connectivity index (χ1v) is 10.4. The van der Waals surface area contributed by atoms with E-state index in [-0.39, 0.29) is 16.5 Å². The lowest BCUT2D eigenvalue weighted by Gasteiger charge is -2.20. The van der Waals surface area contributed by atoms with E-state index in [1.54, 1.807) is 29.0 Å². The van der Waals surface area contributed by atoms with Crippen LogP contribution in [0.5, 0.6) is 0 Å². The summed E-state index contributed by atoms with van der Waals surface area (Å²) < 4.78 is 8.04. The lowest BCUT2D eigenvalue weighted by Crippen LogP contribution is -2.39. The van der Waals surface area contributed by atoms with E-state index in [0.29, 0.717) is 26.3 Å². The molecular formula is C21H15ClN2O4S2. The highest BCUT2D eigenvalue weighted by molar-refractivity contribution is 8.27. The molecule has 9 heteroatoms. The van der Waals surface area contributed by atoms with Gasteiger partial charge >= 0.3 is 5.97 Å². The molecule has 6 nitrogen and oxygen atoms in total. The average Bonchev–Trinajstić information content (AvgIpc) is 3.36. The predicted octanol–water partition coefficient (Wildman–Crippen LogP) is 5.25. The van der Waals surface area contributed by atoms with Gasteiger partial charge in [0, 0.05) is 23.0 Å². The molecule has 1 amide bonds. The minimum absolute atomic E-state index is 0.00884. The van der Waals surface area contributed by atoms with Gasteiger partial charge in [0.15, 0.2) is 4.32 Å². The Morgan fingerprint density at radius 2 is 1.87 bits per heavy atom. The van der Waals surface area contributed by atoms with Crippen LogP contribution in [0.4, 0.5) is 0 Å². The van der Waals surface area contributed by atoms with E-state index < -0.39 is 5.97 Å². The molecule has 1 aliphatic rings. The molecule has 0 aliphatic carbocycles. The smallest absolute Gasteiger partial charge is 0.337 e. The number of carboxylic acids is 1. The average molecular weight is 459 g/mol. The molecule has 3 heterocycles. The van der Waals surface area contributed by atoms with Crippen LogP contribution in [0.25, 0.3) is 17.4 Å². The standard InChI is InChI=1S/C21H15ClN2O4S2/c1-11-3-4-12(2)23(11)24-19(25)18(30-21(24)29)10-14-6-8-17(28-14)13-5-7-16(22)15(9-13)20(26)27/h3-10H,1-2H3,(H,26,27)/b18-10-. The van der Waals surface area contributed by atoms with E-state index in [4.69, 9.17) is 28.2 Å². The van der Waals surface area contributed by atoms with Gasteiger partial charge in [-0.3, -0.25) is 9.47 Å². The fraction of sp³-hybridized carbons (Fsp3) is 0.0952. The summed E-state index contributed by atoms with van der Waals surface area (Å²) in [6, 6.07) is 11.9. The molecule has 1 aromatic carbocycles. The van der Waals surface area contributed by atoms with Gasteiger partial charge in [-0.2, -0.15) is 5.01 Å². The number of hydrogen-bond donors (Lipinski definition) is 1. The van der Waals surface area contributed by atoms with Crippen molar-refractivity contribution in [2.24, 2.45) is 0 Å². The molecule has 30 heavy (non-hydrogen) atoms. The molecule has 0 saturated carbocycles. The zero-order chi connectivity index (χ0) is 21.6. The predicted molar refractivity (Wildman–Crippen MR) is 121 cm³/mol. The summed E-state index contributed by atoms with van der Waals surface area (Å²) in [5.74, 6) is -0.427. The maximum Gasteiger partial charge on any atom is 0.337 e. The molecule has 3 aromatic rings. The molecule has 4 rings (SSSR count). The topological polar surface area (TPSA) is 75.7 Å². The third-order valence-corrected chi connectivity index (χ3v) is 6.20. The molecule has 0 unspecified atom stereocenters. The van der Waals surface area contributed by atoms with E-state index in [9.17, 15) is 14.7 Å². The number of carboxylic acid groups (broad SMARTS) is 1. The van der Waals surface area contributed by atoms with E-state index >= 15 is 0 Å². The van der Waals surface area contributed by atoms with Gasteiger partial charge < -0.3 is 9.52 Å². The maximum atomic E-state index is 13.0. The lowest BCUT2D eigenvalue weighted by molar-refractivity contribution is -0.114. The number of aryl methyl sites for hydroxylation is 2. The second-order valence-electron chi connectivity index (χ2n) is 6.62. The number of amides is 1. The number of nitrogens with zero attached hydrogens (tertiary/aromatic N) is 2. The fourth-order valence-electron chi connectivity index (χ4n) is 3.17. The number of aromatic carboxylic acids is 1. The summed E-state index contributed by atoms with van der Waals surface area (Å²) in [5, 5.41) is 10.9. The van der Waals surface area contributed by atoms with Crippen molar-refractivity contribution in [1.82, 2.24) is 4.68 Å². The van der Waals surface area contributed by atoms with Crippen LogP contribution in [0.15, 0.2) is 51.8 Å². The molecule has 0 spiro atoms. The normalized spacial score (nSPS) is 15.4. The number of rotatable bonds is 4. The number of thioether (sulfide) groups is 1. The number of thiocarbonyl (C=S) groups is 1. The van der Waals surface area contributed by atoms with Crippen molar-refractivity contribution in [2.75, 3.05) is 5.01 Å². The molecule has 1 saturated heterocycles. The molecular weight excluding hydrogens is 444 g/mol. The van der Waals surface area contributed by atoms with Crippen LogP contribution >= 0.6 is 35.6 Å². The molecule has 1 aliphatic heterocycles. The van der Waals surface area contributed by atoms with Gasteiger partial charge in [0.05, 0.1) is 15.5 Å². The highest BCUT2D eigenvalue weighted by Gasteiger charge is 2.35. The Morgan fingerprint density at radius 3 is 2.53 bits per heavy atom. The SMILES string of the molecule is Cc1ccc(C)n1N1C(=O)/C(=C/c2ccc(-c3ccc(Cl)c(C(=O)O)c3)o2)SC1=S. The molecule has 0 bridgehead atoms. The highest BCUT2D eigenvalue weighted by Crippen LogP contribution is 2.34. The van der Waals surface area contributed by atoms with Gasteiger partial charge in [0.25, 0.3) is 5.91 Å². The number of carbonyl (C=O) groups is 2. The quantitative estimate of drug-likeness (QED) is 0.425. The summed E-state index contributed by atoms with van der Waals surface area (Å²) in [4.78, 5) is 24.7. The molecule has 1 fully saturated rings. The van der Waals surface area contributed by atoms with Crippen molar-refractivity contribution < 1.29 is 19.1 Å². The van der Waals surface area contributed by atoms with Gasteiger partial charge in [-0.25, -0.2) is 4.79 Å². The Bertz CT molecular complexity index is 1220. The van der Waals surface area contributed by atoms with E-state index in [1.165, 1.54) is 28.9 Å². The zero-order valence-corrected chi connectivity index (χ0v) is 18.3. The summed E-state index contributed by atoms with van der Waals surface area (Å²) in [7, 11) is 0. The van der Waals surface area contributed by atoms with Gasteiger partial charge in [-0.15, -0.1) is 0 Å². The third-order valence-electron chi connectivity index (χ3n) is 4.59. The zero-order valence-electron chi connectivity index (χ0n) is 15.9. The Kier molecular flexibility index (Phi) is 5.31. The largest absolute Gasteiger partial charge is 0.478 e. The minimum Gasteiger partial charge on any atom is -0.478 e. The summed E-state index contributed by atoms with van der Waals surface area (Å²) >= 11 is 12.5. The van der Waals surface area contributed by atoms with E-state index in [2.05, 4.69) is 0 Å². The Morgan fingerprint density at radius 1 is 1.17 bits per heavy atom. The van der Waals surface area contributed by atoms with E-state index in [1.807, 2.05) is 26.0 Å². The summed E-state index contributed by atoms with van der Waals surface area (Å²) in [6.07, 6.45) is 1.63. The van der Waals surface area contributed by atoms with Gasteiger partial charge in [0.2, 0.25) is 0 Å². The van der Waals surface area contributed by atoms with Gasteiger partial charge in [-0.1, -0.05) is 23.4 Å². The highest BCUT2D eigenvalue weighted by atomic mass is 35.5. The molecule has 0 radical (unpaired) electrons. The van der Waals surface area contributed by atoms with Crippen molar-refractivity contribution in [1.29, 1.82) is 0 Å². The fourth-order valence-corrected chi connectivity index (χ4v) is 4.59. The Balaban J connectivity index is 1.64. The second-order valence-corrected chi connectivity index (χ2v) is 8.71. The summed E-state index contributed by atoms with van der Waals surface area (Å²) in [5.41, 5.74) is 2.37. The van der Waals surface area contributed by atoms with Crippen molar-refractivity contribution in [3.8, 4) is 11.3 Å². The molecule has 0 atom stereocenters. The van der Waals surface area contributed by atoms with E-state index in [0.717, 1.165) is 11.4 Å². The van der Waals surface area contributed by atoms with Crippen LogP contribution in [0, 0.1) is 13.8 Å². The van der Waals surface area contributed by atoms with Crippen molar-refractivity contribution in [3.05, 3.63) is 75.1 Å². The van der Waals surface area contributed by atoms with Crippen LogP contribution in [0.2, 0.25) is 5.02 Å². The second kappa shape index (κ2) is 7.79. The first kappa shape index (κ1) is 20.5. The van der Waals surface area contributed by atoms with Gasteiger partial charge in [-0.05, 0) is 68.5 Å². The number of halogens is 1. The van der Waals surface area contributed by atoms with Crippen LogP contribution < -0.4 is 5.01 Å². The van der Waals surface area contributed by atoms with Crippen LogP contribution in [-0.2, 0) is 4.79 Å². The monoisotopic (exact) mass is 458 g/mol. The first-order chi connectivity index (χ1) is 14.3. The van der Waals surface area contributed by atoms with Crippen molar-refractivity contribution in [2.45, 2.75) is 13.8 Å². The number of aromatic nitrogens is 1. The minimum atomic E-state index is -1.12. The van der Waals surface area contributed by atoms with Crippen molar-refractivity contribution >= 4 is 57.9 Å². The maximum absolute atomic E-state index is 13.0. The van der Waals surface area contributed by atoms with Crippen LogP contribution in [-0.4, -0.2) is 26.0 Å². The number of hydrogen-bond acceptors (Lipinski definition) is 5. The molecule has 1 N–H and O–H groups in total. The number of furan rings is 1. The molecule has 152 valence electrons. The first-order valence-electron chi connectivity index (χ1n) is 8.82. The number of carbonyl (C=O) groups excluding carboxylic acids is 1. The van der Waals surface area contributed by atoms with Crippen LogP contribution in [0.1, 0.15) is 27.5 Å². The van der Waals surface area contributed by atoms with Gasteiger partial charge in [0.1, 0.15) is 11.5 Å². The number of benzene rings is 1. The summed E-state index contributed by atoms with van der Waals surface area (Å²) in [6.45, 7) is 3.82. The lowest BCUT2D eigenvalue weighted by atomic mass is 10.1. The Labute approximate surface area is 186 Å². The third kappa shape index (κ3) is 3.58.